The van der Waals surface area contributed by atoms with Gasteiger partial charge < -0.3 is 9.73 Å². The molecule has 0 amide bonds. The molecule has 1 aromatic heterocycles. The van der Waals surface area contributed by atoms with Crippen molar-refractivity contribution in [3.63, 3.8) is 0 Å². The third-order valence-electron chi connectivity index (χ3n) is 3.37. The quantitative estimate of drug-likeness (QED) is 0.866. The van der Waals surface area contributed by atoms with E-state index in [1.165, 1.54) is 0 Å². The lowest BCUT2D eigenvalue weighted by Gasteiger charge is -2.11. The van der Waals surface area contributed by atoms with Crippen molar-refractivity contribution in [1.29, 1.82) is 0 Å². The molecule has 2 aromatic rings. The zero-order valence-electron chi connectivity index (χ0n) is 11.8. The lowest BCUT2D eigenvalue weighted by molar-refractivity contribution is 0.390. The van der Waals surface area contributed by atoms with Crippen LogP contribution in [0.4, 0.5) is 0 Å². The maximum Gasteiger partial charge on any atom is 0.237 e. The fraction of sp³-hybridized carbons (Fsp3) is 0.467. The molecule has 0 saturated carbocycles. The van der Waals surface area contributed by atoms with Crippen LogP contribution in [-0.2, 0) is 6.42 Å². The molecular formula is C15H21N3O. The van der Waals surface area contributed by atoms with E-state index in [4.69, 9.17) is 4.42 Å². The molecule has 4 heteroatoms. The molecule has 1 N–H and O–H groups in total. The van der Waals surface area contributed by atoms with Gasteiger partial charge in [-0.2, -0.15) is 0 Å². The second-order valence-electron chi connectivity index (χ2n) is 4.88. The van der Waals surface area contributed by atoms with Crippen molar-refractivity contribution < 1.29 is 4.42 Å². The second-order valence-corrected chi connectivity index (χ2v) is 4.88. The molecule has 19 heavy (non-hydrogen) atoms. The van der Waals surface area contributed by atoms with Crippen LogP contribution in [0.25, 0.3) is 0 Å². The van der Waals surface area contributed by atoms with Gasteiger partial charge in [0, 0.05) is 6.42 Å². The third-order valence-corrected chi connectivity index (χ3v) is 3.37. The Bertz CT molecular complexity index is 495. The lowest BCUT2D eigenvalue weighted by Crippen LogP contribution is -2.17. The van der Waals surface area contributed by atoms with Crippen molar-refractivity contribution in [2.75, 3.05) is 7.05 Å². The SMILES string of the molecule is CCC(C)Cc1nnc(C(NC)c2ccccc2)o1. The average molecular weight is 259 g/mol. The monoisotopic (exact) mass is 259 g/mol. The number of hydrogen-bond acceptors (Lipinski definition) is 4. The van der Waals surface area contributed by atoms with E-state index >= 15 is 0 Å². The van der Waals surface area contributed by atoms with E-state index in [9.17, 15) is 0 Å². The van der Waals surface area contributed by atoms with Crippen molar-refractivity contribution in [3.8, 4) is 0 Å². The molecule has 0 aliphatic rings. The van der Waals surface area contributed by atoms with Crippen molar-refractivity contribution in [1.82, 2.24) is 15.5 Å². The fourth-order valence-corrected chi connectivity index (χ4v) is 1.99. The molecule has 2 atom stereocenters. The molecule has 0 radical (unpaired) electrons. The van der Waals surface area contributed by atoms with Crippen LogP contribution in [-0.4, -0.2) is 17.2 Å². The molecule has 0 bridgehead atoms. The predicted octanol–water partition coefficient (Wildman–Crippen LogP) is 2.97. The highest BCUT2D eigenvalue weighted by Gasteiger charge is 2.19. The fourth-order valence-electron chi connectivity index (χ4n) is 1.99. The molecule has 102 valence electrons. The van der Waals surface area contributed by atoms with Crippen LogP contribution in [0.5, 0.6) is 0 Å². The molecular weight excluding hydrogens is 238 g/mol. The summed E-state index contributed by atoms with van der Waals surface area (Å²) in [6, 6.07) is 10.1. The molecule has 1 aromatic carbocycles. The van der Waals surface area contributed by atoms with Gasteiger partial charge in [0.05, 0.1) is 0 Å². The first-order valence-electron chi connectivity index (χ1n) is 6.79. The van der Waals surface area contributed by atoms with Gasteiger partial charge in [0.15, 0.2) is 0 Å². The number of hydrogen-bond donors (Lipinski definition) is 1. The molecule has 0 fully saturated rings. The van der Waals surface area contributed by atoms with Crippen LogP contribution in [0.1, 0.15) is 43.7 Å². The van der Waals surface area contributed by atoms with E-state index in [-0.39, 0.29) is 6.04 Å². The van der Waals surface area contributed by atoms with Gasteiger partial charge in [-0.3, -0.25) is 0 Å². The Kier molecular flexibility index (Phi) is 4.68. The van der Waals surface area contributed by atoms with Gasteiger partial charge in [0.25, 0.3) is 0 Å². The number of aromatic nitrogens is 2. The van der Waals surface area contributed by atoms with E-state index < -0.39 is 0 Å². The van der Waals surface area contributed by atoms with Crippen LogP contribution in [0.15, 0.2) is 34.7 Å². The number of nitrogens with zero attached hydrogens (tertiary/aromatic N) is 2. The topological polar surface area (TPSA) is 51.0 Å². The molecule has 4 nitrogen and oxygen atoms in total. The normalized spacial score (nSPS) is 14.3. The third kappa shape index (κ3) is 3.41. The zero-order valence-corrected chi connectivity index (χ0v) is 11.8. The van der Waals surface area contributed by atoms with E-state index in [2.05, 4.69) is 41.5 Å². The molecule has 0 aliphatic heterocycles. The molecule has 2 unspecified atom stereocenters. The minimum absolute atomic E-state index is 0.0422. The van der Waals surface area contributed by atoms with Gasteiger partial charge in [0.2, 0.25) is 11.8 Å². The summed E-state index contributed by atoms with van der Waals surface area (Å²) < 4.78 is 5.78. The van der Waals surface area contributed by atoms with Crippen molar-refractivity contribution in [2.45, 2.75) is 32.7 Å². The summed E-state index contributed by atoms with van der Waals surface area (Å²) >= 11 is 0. The summed E-state index contributed by atoms with van der Waals surface area (Å²) in [5.74, 6) is 1.92. The number of nitrogens with one attached hydrogen (secondary N) is 1. The number of rotatable bonds is 6. The van der Waals surface area contributed by atoms with Gasteiger partial charge >= 0.3 is 0 Å². The summed E-state index contributed by atoms with van der Waals surface area (Å²) in [6.07, 6.45) is 1.96. The molecule has 0 aliphatic carbocycles. The van der Waals surface area contributed by atoms with Gasteiger partial charge in [-0.25, -0.2) is 0 Å². The van der Waals surface area contributed by atoms with Crippen LogP contribution >= 0.6 is 0 Å². The summed E-state index contributed by atoms with van der Waals surface area (Å²) in [5, 5.41) is 11.5. The smallest absolute Gasteiger partial charge is 0.237 e. The highest BCUT2D eigenvalue weighted by molar-refractivity contribution is 5.23. The van der Waals surface area contributed by atoms with Gasteiger partial charge in [-0.15, -0.1) is 10.2 Å². The average Bonchev–Trinajstić information content (AvgIpc) is 2.89. The summed E-state index contributed by atoms with van der Waals surface area (Å²) in [5.41, 5.74) is 1.13. The van der Waals surface area contributed by atoms with Crippen LogP contribution in [0.3, 0.4) is 0 Å². The Morgan fingerprint density at radius 1 is 1.21 bits per heavy atom. The largest absolute Gasteiger partial charge is 0.423 e. The highest BCUT2D eigenvalue weighted by Crippen LogP contribution is 2.21. The van der Waals surface area contributed by atoms with Crippen molar-refractivity contribution in [2.24, 2.45) is 5.92 Å². The van der Waals surface area contributed by atoms with Crippen LogP contribution in [0, 0.1) is 5.92 Å². The van der Waals surface area contributed by atoms with E-state index in [1.807, 2.05) is 25.2 Å². The first-order chi connectivity index (χ1) is 9.24. The minimum atomic E-state index is -0.0422. The van der Waals surface area contributed by atoms with E-state index in [0.29, 0.717) is 11.8 Å². The lowest BCUT2D eigenvalue weighted by atomic mass is 10.1. The number of benzene rings is 1. The van der Waals surface area contributed by atoms with Crippen LogP contribution < -0.4 is 5.32 Å². The molecule has 1 heterocycles. The Hall–Kier alpha value is -1.68. The first-order valence-corrected chi connectivity index (χ1v) is 6.79. The standard InChI is InChI=1S/C15H21N3O/c1-4-11(2)10-13-17-18-15(19-13)14(16-3)12-8-6-5-7-9-12/h5-9,11,14,16H,4,10H2,1-3H3. The van der Waals surface area contributed by atoms with Gasteiger partial charge in [0.1, 0.15) is 6.04 Å². The van der Waals surface area contributed by atoms with Gasteiger partial charge in [-0.05, 0) is 18.5 Å². The van der Waals surface area contributed by atoms with Gasteiger partial charge in [-0.1, -0.05) is 50.6 Å². The van der Waals surface area contributed by atoms with E-state index in [0.717, 1.165) is 24.3 Å². The Morgan fingerprint density at radius 3 is 2.58 bits per heavy atom. The molecule has 0 spiro atoms. The van der Waals surface area contributed by atoms with Crippen molar-refractivity contribution in [3.05, 3.63) is 47.7 Å². The Morgan fingerprint density at radius 2 is 1.95 bits per heavy atom. The maximum atomic E-state index is 5.78. The second kappa shape index (κ2) is 6.48. The summed E-state index contributed by atoms with van der Waals surface area (Å²) in [6.45, 7) is 4.36. The molecule has 2 rings (SSSR count). The molecule has 0 saturated heterocycles. The maximum absolute atomic E-state index is 5.78. The minimum Gasteiger partial charge on any atom is -0.423 e. The zero-order chi connectivity index (χ0) is 13.7. The Balaban J connectivity index is 2.16. The predicted molar refractivity (Wildman–Crippen MR) is 74.8 cm³/mol. The summed E-state index contributed by atoms with van der Waals surface area (Å²) in [4.78, 5) is 0. The first kappa shape index (κ1) is 13.7. The van der Waals surface area contributed by atoms with E-state index in [1.54, 1.807) is 0 Å². The van der Waals surface area contributed by atoms with Crippen molar-refractivity contribution >= 4 is 0 Å². The highest BCUT2D eigenvalue weighted by atomic mass is 16.4. The van der Waals surface area contributed by atoms with Crippen LogP contribution in [0.2, 0.25) is 0 Å². The Labute approximate surface area is 114 Å². The summed E-state index contributed by atoms with van der Waals surface area (Å²) in [7, 11) is 1.90.